The van der Waals surface area contributed by atoms with Crippen molar-refractivity contribution in [2.75, 3.05) is 6.26 Å². The largest absolute Gasteiger partial charge is 0.324 e. The first-order valence-corrected chi connectivity index (χ1v) is 5.67. The molecule has 0 saturated heterocycles. The number of nitrogens with two attached hydrogens (primary N) is 1. The second-order valence-corrected chi connectivity index (χ2v) is 3.90. The first-order chi connectivity index (χ1) is 6.19. The maximum Gasteiger partial charge on any atom is 0.0986 e. The molecule has 0 amide bonds. The van der Waals surface area contributed by atoms with Crippen LogP contribution in [-0.2, 0) is 0 Å². The van der Waals surface area contributed by atoms with E-state index in [0.29, 0.717) is 0 Å². The number of hydrogen-bond donors (Lipinski definition) is 1. The van der Waals surface area contributed by atoms with Gasteiger partial charge in [0.2, 0.25) is 0 Å². The van der Waals surface area contributed by atoms with E-state index < -0.39 is 0 Å². The van der Waals surface area contributed by atoms with Crippen LogP contribution >= 0.6 is 11.8 Å². The van der Waals surface area contributed by atoms with Gasteiger partial charge in [-0.1, -0.05) is 13.0 Å². The first-order valence-electron chi connectivity index (χ1n) is 4.45. The smallest absolute Gasteiger partial charge is 0.0986 e. The van der Waals surface area contributed by atoms with Crippen molar-refractivity contribution < 1.29 is 0 Å². The molecule has 1 aromatic rings. The average Bonchev–Trinajstić information content (AvgIpc) is 2.16. The van der Waals surface area contributed by atoms with Crippen LogP contribution in [0.3, 0.4) is 0 Å². The van der Waals surface area contributed by atoms with Gasteiger partial charge in [0.05, 0.1) is 5.03 Å². The summed E-state index contributed by atoms with van der Waals surface area (Å²) in [5.74, 6) is 0. The zero-order valence-electron chi connectivity index (χ0n) is 8.37. The Labute approximate surface area is 83.9 Å². The van der Waals surface area contributed by atoms with Gasteiger partial charge in [-0.3, -0.25) is 0 Å². The molecule has 0 saturated carbocycles. The Hall–Kier alpha value is -0.540. The molecule has 0 radical (unpaired) electrons. The lowest BCUT2D eigenvalue weighted by Gasteiger charge is -2.10. The fourth-order valence-corrected chi connectivity index (χ4v) is 1.78. The summed E-state index contributed by atoms with van der Waals surface area (Å²) in [5.41, 5.74) is 8.26. The lowest BCUT2D eigenvalue weighted by molar-refractivity contribution is 0.691. The summed E-state index contributed by atoms with van der Waals surface area (Å²) in [6.45, 7) is 4.16. The minimum atomic E-state index is 0.127. The zero-order chi connectivity index (χ0) is 9.84. The number of rotatable bonds is 3. The van der Waals surface area contributed by atoms with E-state index in [1.54, 1.807) is 11.8 Å². The van der Waals surface area contributed by atoms with Crippen molar-refractivity contribution in [3.63, 3.8) is 0 Å². The van der Waals surface area contributed by atoms with Crippen molar-refractivity contribution in [2.45, 2.75) is 31.3 Å². The van der Waals surface area contributed by atoms with Crippen LogP contribution in [0.25, 0.3) is 0 Å². The molecule has 13 heavy (non-hydrogen) atoms. The van der Waals surface area contributed by atoms with Gasteiger partial charge < -0.3 is 5.73 Å². The van der Waals surface area contributed by atoms with Crippen LogP contribution in [0.1, 0.15) is 30.5 Å². The monoisotopic (exact) mass is 196 g/mol. The quantitative estimate of drug-likeness (QED) is 0.755. The normalized spacial score (nSPS) is 12.9. The molecule has 0 fully saturated rings. The second-order valence-electron chi connectivity index (χ2n) is 3.11. The van der Waals surface area contributed by atoms with E-state index in [2.05, 4.69) is 24.9 Å². The Balaban J connectivity index is 2.95. The molecule has 1 heterocycles. The summed E-state index contributed by atoms with van der Waals surface area (Å²) in [6, 6.07) is 2.26. The molecule has 3 heteroatoms. The Morgan fingerprint density at radius 2 is 2.31 bits per heavy atom. The van der Waals surface area contributed by atoms with Crippen molar-refractivity contribution in [1.82, 2.24) is 4.98 Å². The Morgan fingerprint density at radius 3 is 2.77 bits per heavy atom. The summed E-state index contributed by atoms with van der Waals surface area (Å²) < 4.78 is 0. The standard InChI is InChI=1S/C10H16N2S/c1-4-9(11)8-5-7(2)10(13-3)12-6-8/h5-6,9H,4,11H2,1-3H3/t9-/m1/s1. The van der Waals surface area contributed by atoms with Gasteiger partial charge in [-0.2, -0.15) is 0 Å². The minimum Gasteiger partial charge on any atom is -0.324 e. The Kier molecular flexibility index (Phi) is 3.75. The maximum atomic E-state index is 5.91. The van der Waals surface area contributed by atoms with E-state index in [-0.39, 0.29) is 6.04 Å². The summed E-state index contributed by atoms with van der Waals surface area (Å²) in [6.07, 6.45) is 4.88. The minimum absolute atomic E-state index is 0.127. The van der Waals surface area contributed by atoms with Crippen LogP contribution in [0, 0.1) is 6.92 Å². The van der Waals surface area contributed by atoms with Gasteiger partial charge in [-0.05, 0) is 30.7 Å². The van der Waals surface area contributed by atoms with Gasteiger partial charge in [0.15, 0.2) is 0 Å². The Bertz CT molecular complexity index is 286. The van der Waals surface area contributed by atoms with Crippen molar-refractivity contribution in [2.24, 2.45) is 5.73 Å². The molecule has 0 bridgehead atoms. The van der Waals surface area contributed by atoms with Gasteiger partial charge >= 0.3 is 0 Å². The number of nitrogens with zero attached hydrogens (tertiary/aromatic N) is 1. The predicted octanol–water partition coefficient (Wildman–Crippen LogP) is 2.52. The van der Waals surface area contributed by atoms with E-state index in [4.69, 9.17) is 5.73 Å². The van der Waals surface area contributed by atoms with Crippen LogP contribution in [-0.4, -0.2) is 11.2 Å². The molecule has 0 aliphatic heterocycles. The molecule has 1 atom stereocenters. The number of pyridine rings is 1. The molecule has 0 aliphatic carbocycles. The molecular formula is C10H16N2S. The lowest BCUT2D eigenvalue weighted by Crippen LogP contribution is -2.09. The van der Waals surface area contributed by atoms with Crippen molar-refractivity contribution in [3.05, 3.63) is 23.4 Å². The molecule has 1 aromatic heterocycles. The van der Waals surface area contributed by atoms with E-state index in [0.717, 1.165) is 17.0 Å². The van der Waals surface area contributed by atoms with E-state index in [9.17, 15) is 0 Å². The molecule has 1 rings (SSSR count). The molecule has 2 N–H and O–H groups in total. The topological polar surface area (TPSA) is 38.9 Å². The summed E-state index contributed by atoms with van der Waals surface area (Å²) in [4.78, 5) is 4.35. The molecular weight excluding hydrogens is 180 g/mol. The third-order valence-corrected chi connectivity index (χ3v) is 2.93. The number of thioether (sulfide) groups is 1. The van der Waals surface area contributed by atoms with E-state index >= 15 is 0 Å². The molecule has 0 unspecified atom stereocenters. The van der Waals surface area contributed by atoms with Gasteiger partial charge in [0, 0.05) is 12.2 Å². The lowest BCUT2D eigenvalue weighted by atomic mass is 10.1. The number of aromatic nitrogens is 1. The van der Waals surface area contributed by atoms with Crippen LogP contribution in [0.2, 0.25) is 0 Å². The van der Waals surface area contributed by atoms with Crippen LogP contribution < -0.4 is 5.73 Å². The molecule has 0 aromatic carbocycles. The number of aryl methyl sites for hydroxylation is 1. The van der Waals surface area contributed by atoms with Crippen LogP contribution in [0.4, 0.5) is 0 Å². The summed E-state index contributed by atoms with van der Waals surface area (Å²) in [7, 11) is 0. The van der Waals surface area contributed by atoms with Crippen LogP contribution in [0.5, 0.6) is 0 Å². The third kappa shape index (κ3) is 2.45. The first kappa shape index (κ1) is 10.5. The van der Waals surface area contributed by atoms with Crippen molar-refractivity contribution >= 4 is 11.8 Å². The van der Waals surface area contributed by atoms with Gasteiger partial charge in [0.25, 0.3) is 0 Å². The SMILES string of the molecule is CC[C@@H](N)c1cnc(SC)c(C)c1. The molecule has 2 nitrogen and oxygen atoms in total. The molecule has 0 spiro atoms. The number of hydrogen-bond acceptors (Lipinski definition) is 3. The van der Waals surface area contributed by atoms with E-state index in [1.165, 1.54) is 5.56 Å². The fourth-order valence-electron chi connectivity index (χ4n) is 1.24. The highest BCUT2D eigenvalue weighted by Crippen LogP contribution is 2.20. The molecule has 0 aliphatic rings. The van der Waals surface area contributed by atoms with Crippen molar-refractivity contribution in [1.29, 1.82) is 0 Å². The average molecular weight is 196 g/mol. The third-order valence-electron chi connectivity index (χ3n) is 2.11. The van der Waals surface area contributed by atoms with Gasteiger partial charge in [-0.25, -0.2) is 4.98 Å². The summed E-state index contributed by atoms with van der Waals surface area (Å²) in [5, 5.41) is 1.09. The fraction of sp³-hybridized carbons (Fsp3) is 0.500. The van der Waals surface area contributed by atoms with Gasteiger partial charge in [-0.15, -0.1) is 11.8 Å². The summed E-state index contributed by atoms with van der Waals surface area (Å²) >= 11 is 1.67. The Morgan fingerprint density at radius 1 is 1.62 bits per heavy atom. The zero-order valence-corrected chi connectivity index (χ0v) is 9.19. The van der Waals surface area contributed by atoms with Crippen molar-refractivity contribution in [3.8, 4) is 0 Å². The highest BCUT2D eigenvalue weighted by atomic mass is 32.2. The highest BCUT2D eigenvalue weighted by molar-refractivity contribution is 7.98. The van der Waals surface area contributed by atoms with Crippen LogP contribution in [0.15, 0.2) is 17.3 Å². The highest BCUT2D eigenvalue weighted by Gasteiger charge is 2.05. The van der Waals surface area contributed by atoms with Gasteiger partial charge in [0.1, 0.15) is 0 Å². The second kappa shape index (κ2) is 4.63. The predicted molar refractivity (Wildman–Crippen MR) is 58.0 cm³/mol. The van der Waals surface area contributed by atoms with E-state index in [1.807, 2.05) is 12.5 Å². The maximum absolute atomic E-state index is 5.91. The molecule has 72 valence electrons.